The maximum absolute atomic E-state index is 13.7. The molecule has 0 radical (unpaired) electrons. The van der Waals surface area contributed by atoms with Crippen molar-refractivity contribution in [3.63, 3.8) is 0 Å². The third-order valence-electron chi connectivity index (χ3n) is 2.44. The standard InChI is InChI=1S/C12H8ClFN2O4S/c13-8-2-1-3-10(11(8)14)21(19,20)16-7-4-5-9(12(17)18)15-6-7/h1-6,16H,(H,17,18). The van der Waals surface area contributed by atoms with Crippen LogP contribution >= 0.6 is 11.6 Å². The first-order valence-corrected chi connectivity index (χ1v) is 7.33. The van der Waals surface area contributed by atoms with Gasteiger partial charge in [0, 0.05) is 0 Å². The summed E-state index contributed by atoms with van der Waals surface area (Å²) >= 11 is 5.53. The SMILES string of the molecule is O=C(O)c1ccc(NS(=O)(=O)c2cccc(Cl)c2F)cn1. The number of hydrogen-bond donors (Lipinski definition) is 2. The Bertz CT molecular complexity index is 793. The molecule has 0 bridgehead atoms. The molecule has 0 amide bonds. The maximum Gasteiger partial charge on any atom is 0.354 e. The average Bonchev–Trinajstić information content (AvgIpc) is 2.41. The number of nitrogens with zero attached hydrogens (tertiary/aromatic N) is 1. The van der Waals surface area contributed by atoms with E-state index < -0.39 is 26.7 Å². The lowest BCUT2D eigenvalue weighted by atomic mass is 10.3. The normalized spacial score (nSPS) is 11.1. The fraction of sp³-hybridized carbons (Fsp3) is 0. The Morgan fingerprint density at radius 3 is 2.57 bits per heavy atom. The molecule has 0 fully saturated rings. The molecule has 0 saturated carbocycles. The number of hydrogen-bond acceptors (Lipinski definition) is 4. The molecule has 6 nitrogen and oxygen atoms in total. The number of rotatable bonds is 4. The van der Waals surface area contributed by atoms with Crippen molar-refractivity contribution in [3.05, 3.63) is 53.1 Å². The Hall–Kier alpha value is -2.19. The van der Waals surface area contributed by atoms with Gasteiger partial charge in [0.1, 0.15) is 10.6 Å². The van der Waals surface area contributed by atoms with E-state index in [1.165, 1.54) is 18.2 Å². The van der Waals surface area contributed by atoms with Crippen molar-refractivity contribution in [2.45, 2.75) is 4.90 Å². The van der Waals surface area contributed by atoms with E-state index in [1.54, 1.807) is 0 Å². The lowest BCUT2D eigenvalue weighted by Crippen LogP contribution is -2.15. The molecule has 0 atom stereocenters. The molecule has 0 spiro atoms. The van der Waals surface area contributed by atoms with Crippen LogP contribution in [0.3, 0.4) is 0 Å². The van der Waals surface area contributed by atoms with Gasteiger partial charge in [-0.2, -0.15) is 0 Å². The van der Waals surface area contributed by atoms with Crippen molar-refractivity contribution < 1.29 is 22.7 Å². The summed E-state index contributed by atoms with van der Waals surface area (Å²) in [6, 6.07) is 5.90. The number of carbonyl (C=O) groups is 1. The van der Waals surface area contributed by atoms with Gasteiger partial charge in [-0.1, -0.05) is 17.7 Å². The summed E-state index contributed by atoms with van der Waals surface area (Å²) in [5.74, 6) is -2.31. The molecule has 0 aliphatic rings. The number of sulfonamides is 1. The molecule has 1 heterocycles. The van der Waals surface area contributed by atoms with E-state index in [2.05, 4.69) is 9.71 Å². The second-order valence-corrected chi connectivity index (χ2v) is 5.95. The molecule has 0 unspecified atom stereocenters. The number of carboxylic acids is 1. The third kappa shape index (κ3) is 3.29. The predicted octanol–water partition coefficient (Wildman–Crippen LogP) is 2.37. The number of nitrogens with one attached hydrogen (secondary N) is 1. The monoisotopic (exact) mass is 330 g/mol. The Labute approximate surface area is 124 Å². The van der Waals surface area contributed by atoms with Gasteiger partial charge >= 0.3 is 5.97 Å². The summed E-state index contributed by atoms with van der Waals surface area (Å²) in [7, 11) is -4.20. The highest BCUT2D eigenvalue weighted by atomic mass is 35.5. The van der Waals surface area contributed by atoms with E-state index in [0.717, 1.165) is 18.3 Å². The van der Waals surface area contributed by atoms with Crippen molar-refractivity contribution in [1.82, 2.24) is 4.98 Å². The van der Waals surface area contributed by atoms with Gasteiger partial charge in [0.2, 0.25) is 0 Å². The largest absolute Gasteiger partial charge is 0.477 e. The lowest BCUT2D eigenvalue weighted by Gasteiger charge is -2.09. The zero-order valence-electron chi connectivity index (χ0n) is 10.2. The Balaban J connectivity index is 2.33. The topological polar surface area (TPSA) is 96.4 Å². The average molecular weight is 331 g/mol. The van der Waals surface area contributed by atoms with E-state index in [1.807, 2.05) is 0 Å². The van der Waals surface area contributed by atoms with E-state index in [-0.39, 0.29) is 16.4 Å². The molecule has 0 aliphatic carbocycles. The first-order chi connectivity index (χ1) is 9.81. The van der Waals surface area contributed by atoms with Crippen molar-refractivity contribution in [1.29, 1.82) is 0 Å². The summed E-state index contributed by atoms with van der Waals surface area (Å²) in [6.07, 6.45) is 1.02. The molecule has 2 rings (SSSR count). The van der Waals surface area contributed by atoms with Gasteiger partial charge in [-0.25, -0.2) is 22.6 Å². The van der Waals surface area contributed by atoms with E-state index >= 15 is 0 Å². The molecule has 2 aromatic rings. The summed E-state index contributed by atoms with van der Waals surface area (Å²) < 4.78 is 39.9. The van der Waals surface area contributed by atoms with Crippen LogP contribution in [-0.4, -0.2) is 24.5 Å². The van der Waals surface area contributed by atoms with Crippen molar-refractivity contribution in [2.24, 2.45) is 0 Å². The minimum Gasteiger partial charge on any atom is -0.477 e. The van der Waals surface area contributed by atoms with Gasteiger partial charge in [-0.15, -0.1) is 0 Å². The van der Waals surface area contributed by atoms with Gasteiger partial charge in [0.25, 0.3) is 10.0 Å². The van der Waals surface area contributed by atoms with Gasteiger partial charge in [-0.05, 0) is 24.3 Å². The van der Waals surface area contributed by atoms with Gasteiger partial charge in [-0.3, -0.25) is 4.72 Å². The van der Waals surface area contributed by atoms with Crippen LogP contribution in [0.5, 0.6) is 0 Å². The minimum absolute atomic E-state index is 0.000578. The maximum atomic E-state index is 13.7. The number of aromatic carboxylic acids is 1. The first kappa shape index (κ1) is 15.2. The van der Waals surface area contributed by atoms with Crippen LogP contribution in [0.2, 0.25) is 5.02 Å². The number of anilines is 1. The molecule has 21 heavy (non-hydrogen) atoms. The predicted molar refractivity (Wildman–Crippen MR) is 73.4 cm³/mol. The number of halogens is 2. The quantitative estimate of drug-likeness (QED) is 0.897. The number of carboxylic acid groups (broad SMARTS) is 1. The highest BCUT2D eigenvalue weighted by molar-refractivity contribution is 7.92. The van der Waals surface area contributed by atoms with E-state index in [0.29, 0.717) is 0 Å². The van der Waals surface area contributed by atoms with Crippen LogP contribution in [-0.2, 0) is 10.0 Å². The second kappa shape index (κ2) is 5.66. The van der Waals surface area contributed by atoms with Gasteiger partial charge < -0.3 is 5.11 Å². The smallest absolute Gasteiger partial charge is 0.354 e. The van der Waals surface area contributed by atoms with Crippen LogP contribution in [0.4, 0.5) is 10.1 Å². The zero-order valence-corrected chi connectivity index (χ0v) is 11.8. The van der Waals surface area contributed by atoms with Gasteiger partial charge in [0.05, 0.1) is 16.9 Å². The molecular formula is C12H8ClFN2O4S. The van der Waals surface area contributed by atoms with Crippen LogP contribution in [0.25, 0.3) is 0 Å². The second-order valence-electron chi connectivity index (χ2n) is 3.89. The van der Waals surface area contributed by atoms with E-state index in [4.69, 9.17) is 16.7 Å². The number of pyridine rings is 1. The summed E-state index contributed by atoms with van der Waals surface area (Å²) in [6.45, 7) is 0. The lowest BCUT2D eigenvalue weighted by molar-refractivity contribution is 0.0690. The first-order valence-electron chi connectivity index (χ1n) is 5.47. The fourth-order valence-electron chi connectivity index (χ4n) is 1.48. The van der Waals surface area contributed by atoms with Crippen LogP contribution in [0.1, 0.15) is 10.5 Å². The van der Waals surface area contributed by atoms with Crippen LogP contribution < -0.4 is 4.72 Å². The van der Waals surface area contributed by atoms with Crippen molar-refractivity contribution in [3.8, 4) is 0 Å². The fourth-order valence-corrected chi connectivity index (χ4v) is 2.86. The third-order valence-corrected chi connectivity index (χ3v) is 4.13. The molecule has 1 aromatic carbocycles. The van der Waals surface area contributed by atoms with Gasteiger partial charge in [0.15, 0.2) is 5.82 Å². The molecule has 9 heteroatoms. The zero-order chi connectivity index (χ0) is 15.6. The van der Waals surface area contributed by atoms with E-state index in [9.17, 15) is 17.6 Å². The molecule has 1 aromatic heterocycles. The minimum atomic E-state index is -4.20. The number of benzene rings is 1. The Morgan fingerprint density at radius 2 is 2.00 bits per heavy atom. The van der Waals surface area contributed by atoms with Crippen LogP contribution in [0.15, 0.2) is 41.4 Å². The van der Waals surface area contributed by atoms with Crippen molar-refractivity contribution >= 4 is 33.3 Å². The molecule has 0 aliphatic heterocycles. The summed E-state index contributed by atoms with van der Waals surface area (Å²) in [5, 5.41) is 8.37. The Kier molecular flexibility index (Phi) is 4.10. The molecule has 0 saturated heterocycles. The summed E-state index contributed by atoms with van der Waals surface area (Å²) in [5.41, 5.74) is -0.244. The highest BCUT2D eigenvalue weighted by Crippen LogP contribution is 2.23. The molecular weight excluding hydrogens is 323 g/mol. The molecule has 110 valence electrons. The summed E-state index contributed by atoms with van der Waals surface area (Å²) in [4.78, 5) is 13.6. The number of aromatic nitrogens is 1. The molecule has 2 N–H and O–H groups in total. The highest BCUT2D eigenvalue weighted by Gasteiger charge is 2.21. The Morgan fingerprint density at radius 1 is 1.29 bits per heavy atom. The van der Waals surface area contributed by atoms with Crippen LogP contribution in [0, 0.1) is 5.82 Å². The van der Waals surface area contributed by atoms with Crippen molar-refractivity contribution in [2.75, 3.05) is 4.72 Å².